The molecule has 10 nitrogen and oxygen atoms in total. The van der Waals surface area contributed by atoms with Crippen molar-refractivity contribution in [1.29, 1.82) is 0 Å². The summed E-state index contributed by atoms with van der Waals surface area (Å²) in [4.78, 5) is 8.90. The summed E-state index contributed by atoms with van der Waals surface area (Å²) in [5, 5.41) is 28.2. The zero-order chi connectivity index (χ0) is 20.3. The number of fused-ring (bicyclic) bond motifs is 1. The molecule has 1 fully saturated rings. The highest BCUT2D eigenvalue weighted by Crippen LogP contribution is 2.37. The van der Waals surface area contributed by atoms with Crippen LogP contribution in [0.2, 0.25) is 0 Å². The van der Waals surface area contributed by atoms with Crippen molar-refractivity contribution in [2.24, 2.45) is 0 Å². The molecule has 2 aromatic rings. The van der Waals surface area contributed by atoms with Gasteiger partial charge in [0.05, 0.1) is 31.5 Å². The largest absolute Gasteiger partial charge is 0.394 e. The molecule has 0 saturated heterocycles. The second-order valence-electron chi connectivity index (χ2n) is 7.31. The molecule has 1 aliphatic rings. The predicted molar refractivity (Wildman–Crippen MR) is 105 cm³/mol. The minimum absolute atomic E-state index is 0.0789. The van der Waals surface area contributed by atoms with Gasteiger partial charge in [-0.2, -0.15) is 0 Å². The van der Waals surface area contributed by atoms with Crippen LogP contribution in [0.3, 0.4) is 0 Å². The zero-order valence-corrected chi connectivity index (χ0v) is 17.2. The Bertz CT molecular complexity index is 796. The minimum Gasteiger partial charge on any atom is -0.394 e. The van der Waals surface area contributed by atoms with Crippen molar-refractivity contribution >= 4 is 28.7 Å². The van der Waals surface area contributed by atoms with Gasteiger partial charge in [0.2, 0.25) is 0 Å². The Balaban J connectivity index is 1.87. The first-order valence-corrected chi connectivity index (χ1v) is 10.4. The molecule has 2 unspecified atom stereocenters. The van der Waals surface area contributed by atoms with E-state index >= 15 is 0 Å². The van der Waals surface area contributed by atoms with Gasteiger partial charge in [0.25, 0.3) is 0 Å². The lowest BCUT2D eigenvalue weighted by atomic mass is 10.2. The van der Waals surface area contributed by atoms with Crippen LogP contribution in [0.25, 0.3) is 11.2 Å². The topological polar surface area (TPSA) is 141 Å². The molecular weight excluding hydrogens is 384 g/mol. The molecular formula is C17H28N6O4S. The maximum absolute atomic E-state index is 10.1. The number of nitrogens with two attached hydrogens (primary N) is 1. The molecule has 2 heterocycles. The van der Waals surface area contributed by atoms with Gasteiger partial charge in [0, 0.05) is 5.75 Å². The smallest absolute Gasteiger partial charge is 0.191 e. The van der Waals surface area contributed by atoms with Crippen LogP contribution in [0.5, 0.6) is 0 Å². The molecule has 3 rings (SSSR count). The van der Waals surface area contributed by atoms with E-state index in [0.29, 0.717) is 35.0 Å². The molecule has 0 bridgehead atoms. The molecule has 0 aliphatic heterocycles. The summed E-state index contributed by atoms with van der Waals surface area (Å²) < 4.78 is 13.3. The minimum atomic E-state index is -1.29. The van der Waals surface area contributed by atoms with E-state index in [9.17, 15) is 5.11 Å². The summed E-state index contributed by atoms with van der Waals surface area (Å²) in [5.74, 6) is -0.0826. The average Bonchev–Trinajstić information content (AvgIpc) is 3.21. The fourth-order valence-corrected chi connectivity index (χ4v) is 4.04. The number of thioether (sulfide) groups is 1. The van der Waals surface area contributed by atoms with Crippen molar-refractivity contribution in [3.8, 4) is 0 Å². The second-order valence-corrected chi connectivity index (χ2v) is 8.37. The van der Waals surface area contributed by atoms with Gasteiger partial charge in [-0.25, -0.2) is 14.6 Å². The van der Waals surface area contributed by atoms with Crippen molar-refractivity contribution in [2.45, 2.75) is 69.2 Å². The summed E-state index contributed by atoms with van der Waals surface area (Å²) in [7, 11) is 0. The van der Waals surface area contributed by atoms with Crippen LogP contribution in [0.4, 0.5) is 5.82 Å². The molecule has 0 radical (unpaired) electrons. The lowest BCUT2D eigenvalue weighted by molar-refractivity contribution is -0.224. The average molecular weight is 413 g/mol. The Morgan fingerprint density at radius 2 is 2.04 bits per heavy atom. The highest BCUT2D eigenvalue weighted by Gasteiger charge is 2.40. The fraction of sp³-hybridized carbons (Fsp3) is 0.765. The summed E-state index contributed by atoms with van der Waals surface area (Å²) in [6.07, 6.45) is 1.55. The fourth-order valence-electron chi connectivity index (χ4n) is 3.34. The van der Waals surface area contributed by atoms with Crippen LogP contribution >= 0.6 is 11.8 Å². The molecule has 3 atom stereocenters. The normalized spacial score (nSPS) is 23.0. The number of aromatic nitrogens is 5. The second kappa shape index (κ2) is 8.87. The molecule has 2 aromatic heterocycles. The number of aliphatic hydroxyl groups is 2. The number of ether oxygens (including phenoxy) is 2. The maximum Gasteiger partial charge on any atom is 0.191 e. The molecule has 156 valence electrons. The van der Waals surface area contributed by atoms with Crippen molar-refractivity contribution in [3.63, 3.8) is 0 Å². The summed E-state index contributed by atoms with van der Waals surface area (Å²) in [6.45, 7) is 5.38. The van der Waals surface area contributed by atoms with Crippen LogP contribution in [-0.2, 0) is 9.47 Å². The molecule has 1 saturated carbocycles. The molecule has 28 heavy (non-hydrogen) atoms. The Morgan fingerprint density at radius 1 is 1.29 bits per heavy atom. The van der Waals surface area contributed by atoms with Gasteiger partial charge in [0.15, 0.2) is 27.9 Å². The molecule has 0 aromatic carbocycles. The number of nitrogens with zero attached hydrogens (tertiary/aromatic N) is 5. The van der Waals surface area contributed by atoms with E-state index in [1.54, 1.807) is 30.3 Å². The van der Waals surface area contributed by atoms with E-state index in [-0.39, 0.29) is 31.5 Å². The third-order valence-electron chi connectivity index (χ3n) is 4.40. The summed E-state index contributed by atoms with van der Waals surface area (Å²) >= 11 is 1.54. The van der Waals surface area contributed by atoms with Gasteiger partial charge in [-0.3, -0.25) is 0 Å². The van der Waals surface area contributed by atoms with Crippen LogP contribution in [-0.4, -0.2) is 72.1 Å². The molecule has 0 amide bonds. The monoisotopic (exact) mass is 412 g/mol. The third-order valence-corrected chi connectivity index (χ3v) is 5.45. The number of hydrogen-bond acceptors (Lipinski definition) is 10. The molecule has 4 N–H and O–H groups in total. The van der Waals surface area contributed by atoms with Crippen molar-refractivity contribution in [3.05, 3.63) is 0 Å². The van der Waals surface area contributed by atoms with E-state index in [4.69, 9.17) is 20.3 Å². The van der Waals surface area contributed by atoms with Crippen molar-refractivity contribution in [1.82, 2.24) is 25.0 Å². The highest BCUT2D eigenvalue weighted by molar-refractivity contribution is 7.99. The third kappa shape index (κ3) is 4.90. The van der Waals surface area contributed by atoms with Crippen molar-refractivity contribution in [2.75, 3.05) is 24.7 Å². The zero-order valence-electron chi connectivity index (χ0n) is 16.4. The van der Waals surface area contributed by atoms with Gasteiger partial charge >= 0.3 is 0 Å². The van der Waals surface area contributed by atoms with Gasteiger partial charge in [-0.05, 0) is 33.1 Å². The van der Waals surface area contributed by atoms with E-state index in [1.165, 1.54) is 0 Å². The van der Waals surface area contributed by atoms with Gasteiger partial charge < -0.3 is 25.4 Å². The Hall–Kier alpha value is -1.53. The van der Waals surface area contributed by atoms with Gasteiger partial charge in [0.1, 0.15) is 0 Å². The Kier molecular flexibility index (Phi) is 6.71. The first-order chi connectivity index (χ1) is 13.3. The number of anilines is 1. The number of nitrogen functional groups attached to an aromatic ring is 1. The predicted octanol–water partition coefficient (Wildman–Crippen LogP) is 1.13. The first kappa shape index (κ1) is 21.2. The first-order valence-electron chi connectivity index (χ1n) is 9.46. The standard InChI is InChI=1S/C17H28N6O4S/c1-4-7-28-16-19-14(18)13-15(20-16)23(22-21-13)10-8-11(26-6-5-24)12(9-10)27-17(2,3)25/h10-12,24-25H,4-9H2,1-3H3,(H2,18,19,20)/t10?,11?,12-/m0/s1. The van der Waals surface area contributed by atoms with Gasteiger partial charge in [-0.15, -0.1) is 5.10 Å². The molecule has 11 heteroatoms. The summed E-state index contributed by atoms with van der Waals surface area (Å²) in [5.41, 5.74) is 7.11. The van der Waals surface area contributed by atoms with Crippen LogP contribution in [0.1, 0.15) is 46.1 Å². The SMILES string of the molecule is CCCSc1nc(N)c2nnn(C3CC(OCCO)[C@@H](OC(C)(C)O)C3)c2n1. The molecule has 0 spiro atoms. The number of rotatable bonds is 9. The van der Waals surface area contributed by atoms with Crippen LogP contribution in [0, 0.1) is 0 Å². The van der Waals surface area contributed by atoms with Crippen molar-refractivity contribution < 1.29 is 19.7 Å². The van der Waals surface area contributed by atoms with E-state index < -0.39 is 5.79 Å². The van der Waals surface area contributed by atoms with Gasteiger partial charge in [-0.1, -0.05) is 23.9 Å². The quantitative estimate of drug-likeness (QED) is 0.312. The highest BCUT2D eigenvalue weighted by atomic mass is 32.2. The Morgan fingerprint density at radius 3 is 2.71 bits per heavy atom. The van der Waals surface area contributed by atoms with E-state index in [1.807, 2.05) is 0 Å². The maximum atomic E-state index is 10.1. The lowest BCUT2D eigenvalue weighted by Crippen LogP contribution is -2.36. The van der Waals surface area contributed by atoms with E-state index in [0.717, 1.165) is 12.2 Å². The lowest BCUT2D eigenvalue weighted by Gasteiger charge is -2.27. The van der Waals surface area contributed by atoms with Crippen LogP contribution in [0.15, 0.2) is 5.16 Å². The van der Waals surface area contributed by atoms with Crippen LogP contribution < -0.4 is 5.73 Å². The van der Waals surface area contributed by atoms with E-state index in [2.05, 4.69) is 27.2 Å². The number of aliphatic hydroxyl groups excluding tert-OH is 1. The summed E-state index contributed by atoms with van der Waals surface area (Å²) in [6, 6.07) is -0.0839. The Labute approximate surface area is 167 Å². The molecule has 1 aliphatic carbocycles. The number of hydrogen-bond donors (Lipinski definition) is 3.